The zero-order valence-corrected chi connectivity index (χ0v) is 37.9. The molecule has 0 unspecified atom stereocenters. The lowest BCUT2D eigenvalue weighted by molar-refractivity contribution is 0.0696. The second-order valence-corrected chi connectivity index (χ2v) is 16.9. The number of thiazole rings is 1. The molecule has 5 heterocycles. The number of aromatic carboxylic acids is 1. The van der Waals surface area contributed by atoms with Gasteiger partial charge in [0.15, 0.2) is 27.1 Å². The van der Waals surface area contributed by atoms with Gasteiger partial charge in [-0.3, -0.25) is 10.1 Å². The fraction of sp³-hybridized carbons (Fsp3) is 0.133. The molecule has 9 rings (SSSR count). The molecule has 0 atom stereocenters. The maximum Gasteiger partial charge on any atom is 0.335 e. The van der Waals surface area contributed by atoms with Crippen LogP contribution >= 0.6 is 34.9 Å². The van der Waals surface area contributed by atoms with E-state index in [1.807, 2.05) is 6.92 Å². The average molecular weight is 967 g/mol. The molecular weight excluding hydrogens is 933 g/mol. The third kappa shape index (κ3) is 9.09. The number of halogens is 4. The number of para-hydroxylation sites is 2. The van der Waals surface area contributed by atoms with Gasteiger partial charge < -0.3 is 15.7 Å². The van der Waals surface area contributed by atoms with E-state index in [0.717, 1.165) is 45.2 Å². The fourth-order valence-corrected chi connectivity index (χ4v) is 8.45. The molecule has 4 aromatic carbocycles. The van der Waals surface area contributed by atoms with Crippen molar-refractivity contribution in [3.63, 3.8) is 0 Å². The van der Waals surface area contributed by atoms with Crippen molar-refractivity contribution in [3.05, 3.63) is 141 Å². The Bertz CT molecular complexity index is 3110. The van der Waals surface area contributed by atoms with Crippen LogP contribution in [0.3, 0.4) is 0 Å². The highest BCUT2D eigenvalue weighted by molar-refractivity contribution is 7.98. The summed E-state index contributed by atoms with van der Waals surface area (Å²) in [7, 11) is 0. The molecule has 0 bridgehead atoms. The van der Waals surface area contributed by atoms with Crippen LogP contribution in [0.15, 0.2) is 94.7 Å². The number of carbonyl (C=O) groups is 4. The Morgan fingerprint density at radius 2 is 1.13 bits per heavy atom. The second-order valence-electron chi connectivity index (χ2n) is 14.5. The Morgan fingerprint density at radius 1 is 0.687 bits per heavy atom. The van der Waals surface area contributed by atoms with Crippen molar-refractivity contribution < 1.29 is 41.8 Å². The smallest absolute Gasteiger partial charge is 0.335 e. The van der Waals surface area contributed by atoms with Crippen LogP contribution in [-0.4, -0.2) is 66.5 Å². The number of fused-ring (bicyclic) bond motifs is 2. The molecule has 5 amide bonds. The van der Waals surface area contributed by atoms with Crippen LogP contribution in [0, 0.1) is 37.1 Å². The molecule has 67 heavy (non-hydrogen) atoms. The van der Waals surface area contributed by atoms with E-state index in [1.165, 1.54) is 59.1 Å². The van der Waals surface area contributed by atoms with Crippen LogP contribution in [-0.2, 0) is 13.1 Å². The van der Waals surface area contributed by atoms with Crippen molar-refractivity contribution in [1.29, 1.82) is 0 Å². The molecule has 0 saturated carbocycles. The normalized spacial score (nSPS) is 12.9. The third-order valence-corrected chi connectivity index (χ3v) is 12.2. The predicted molar refractivity (Wildman–Crippen MR) is 246 cm³/mol. The number of amides is 5. The van der Waals surface area contributed by atoms with E-state index >= 15 is 0 Å². The Hall–Kier alpha value is -7.43. The molecule has 4 N–H and O–H groups in total. The molecule has 0 saturated heterocycles. The Labute approximate surface area is 391 Å². The van der Waals surface area contributed by atoms with Crippen LogP contribution in [0.25, 0.3) is 22.5 Å². The van der Waals surface area contributed by atoms with Gasteiger partial charge in [0.05, 0.1) is 30.0 Å². The minimum absolute atomic E-state index is 0.0153. The van der Waals surface area contributed by atoms with Gasteiger partial charge in [-0.05, 0) is 86.0 Å². The number of carboxylic acids is 1. The number of benzene rings is 4. The summed E-state index contributed by atoms with van der Waals surface area (Å²) in [6.45, 7) is 3.71. The third-order valence-electron chi connectivity index (χ3n) is 10.4. The monoisotopic (exact) mass is 966 g/mol. The van der Waals surface area contributed by atoms with E-state index < -0.39 is 52.7 Å². The first-order chi connectivity index (χ1) is 32.2. The van der Waals surface area contributed by atoms with Gasteiger partial charge in [-0.2, -0.15) is 0 Å². The standard InChI is InChI=1S/C24H18F2N6O2S2.C21H16F2N4O3S/c1-12-6-7-13(21(33)31-22-27-8-9-36-22)10-14(12)18-15-11-28-24(34)32(20(15)30-23(29-18)35-2)19-16(25)4-3-5-17(19)26;1-10-6-7-11(19(28)29)8-12(10)16-13-9-24-21(30)27(18(13)26-20(25-16)31-2)17-14(22)4-3-5-15(17)23/h3-10H,11H2,1-2H3,(H,28,34)(H,27,31,33);3-8H,9H2,1-2H3,(H,24,30)(H,28,29). The number of aryl methyl sites for hydroxylation is 2. The summed E-state index contributed by atoms with van der Waals surface area (Å²) in [5.41, 5.74) is 3.81. The molecule has 2 aliphatic heterocycles. The van der Waals surface area contributed by atoms with Crippen molar-refractivity contribution in [2.75, 3.05) is 27.6 Å². The van der Waals surface area contributed by atoms with Crippen molar-refractivity contribution in [3.8, 4) is 22.5 Å². The lowest BCUT2D eigenvalue weighted by Crippen LogP contribution is -2.43. The quantitative estimate of drug-likeness (QED) is 0.0608. The van der Waals surface area contributed by atoms with Gasteiger partial charge in [0.2, 0.25) is 0 Å². The van der Waals surface area contributed by atoms with Crippen molar-refractivity contribution in [2.45, 2.75) is 37.2 Å². The maximum atomic E-state index is 14.7. The minimum Gasteiger partial charge on any atom is -0.478 e. The summed E-state index contributed by atoms with van der Waals surface area (Å²) in [6, 6.07) is 15.0. The maximum absolute atomic E-state index is 14.7. The number of aromatic nitrogens is 5. The van der Waals surface area contributed by atoms with E-state index in [4.69, 9.17) is 0 Å². The second kappa shape index (κ2) is 19.2. The molecule has 0 radical (unpaired) electrons. The van der Waals surface area contributed by atoms with Crippen molar-refractivity contribution in [1.82, 2.24) is 35.6 Å². The topological polar surface area (TPSA) is 196 Å². The van der Waals surface area contributed by atoms with Crippen LogP contribution in [0.4, 0.5) is 55.3 Å². The molecule has 3 aromatic heterocycles. The fourth-order valence-electron chi connectivity index (χ4n) is 7.21. The first-order valence-corrected chi connectivity index (χ1v) is 23.1. The highest BCUT2D eigenvalue weighted by Gasteiger charge is 2.36. The highest BCUT2D eigenvalue weighted by Crippen LogP contribution is 2.41. The van der Waals surface area contributed by atoms with Crippen molar-refractivity contribution >= 4 is 86.9 Å². The average Bonchev–Trinajstić information content (AvgIpc) is 3.83. The summed E-state index contributed by atoms with van der Waals surface area (Å²) >= 11 is 3.71. The first-order valence-electron chi connectivity index (χ1n) is 19.8. The Balaban J connectivity index is 0.000000184. The summed E-state index contributed by atoms with van der Waals surface area (Å²) < 4.78 is 58.5. The van der Waals surface area contributed by atoms with E-state index in [9.17, 15) is 41.8 Å². The summed E-state index contributed by atoms with van der Waals surface area (Å²) in [6.07, 6.45) is 5.08. The zero-order valence-electron chi connectivity index (χ0n) is 35.4. The SMILES string of the molecule is CSc1nc(-c2cc(C(=O)Nc3nccs3)ccc2C)c2c(n1)N(c1c(F)cccc1F)C(=O)NC2.CSc1nc(-c2cc(C(=O)O)ccc2C)c2c(n1)N(c1c(F)cccc1F)C(=O)NC2. The summed E-state index contributed by atoms with van der Waals surface area (Å²) in [5, 5.41) is 20.2. The van der Waals surface area contributed by atoms with Gasteiger partial charge >= 0.3 is 18.0 Å². The predicted octanol–water partition coefficient (Wildman–Crippen LogP) is 10.0. The molecule has 15 nitrogen and oxygen atoms in total. The number of carbonyl (C=O) groups excluding carboxylic acids is 3. The first kappa shape index (κ1) is 46.1. The van der Waals surface area contributed by atoms with Crippen LogP contribution in [0.5, 0.6) is 0 Å². The highest BCUT2D eigenvalue weighted by atomic mass is 32.2. The van der Waals surface area contributed by atoms with Crippen molar-refractivity contribution in [2.24, 2.45) is 0 Å². The van der Waals surface area contributed by atoms with Gasteiger partial charge in [-0.25, -0.2) is 66.7 Å². The van der Waals surface area contributed by atoms with E-state index in [-0.39, 0.29) is 41.4 Å². The number of nitrogens with zero attached hydrogens (tertiary/aromatic N) is 7. The molecule has 0 spiro atoms. The molecule has 0 aliphatic carbocycles. The zero-order chi connectivity index (χ0) is 47.7. The van der Waals surface area contributed by atoms with Gasteiger partial charge in [0, 0.05) is 39.4 Å². The minimum atomic E-state index is -1.10. The molecule has 2 aliphatic rings. The number of hydrogen-bond acceptors (Lipinski definition) is 12. The molecule has 340 valence electrons. The summed E-state index contributed by atoms with van der Waals surface area (Å²) in [5.74, 6) is -4.96. The van der Waals surface area contributed by atoms with Crippen LogP contribution in [0.2, 0.25) is 0 Å². The van der Waals surface area contributed by atoms with E-state index in [0.29, 0.717) is 49.5 Å². The largest absolute Gasteiger partial charge is 0.478 e. The lowest BCUT2D eigenvalue weighted by atomic mass is 9.97. The number of thioether (sulfide) groups is 2. The molecule has 0 fully saturated rings. The molecule has 22 heteroatoms. The van der Waals surface area contributed by atoms with Gasteiger partial charge in [-0.15, -0.1) is 11.3 Å². The van der Waals surface area contributed by atoms with Gasteiger partial charge in [-0.1, -0.05) is 47.8 Å². The summed E-state index contributed by atoms with van der Waals surface area (Å²) in [4.78, 5) is 73.6. The van der Waals surface area contributed by atoms with Gasteiger partial charge in [0.25, 0.3) is 5.91 Å². The number of anilines is 5. The van der Waals surface area contributed by atoms with Crippen LogP contribution < -0.4 is 25.8 Å². The van der Waals surface area contributed by atoms with Crippen LogP contribution in [0.1, 0.15) is 43.0 Å². The Morgan fingerprint density at radius 3 is 1.55 bits per heavy atom. The Kier molecular flexibility index (Phi) is 13.2. The number of nitrogens with one attached hydrogen (secondary N) is 3. The number of urea groups is 2. The molecule has 7 aromatic rings. The lowest BCUT2D eigenvalue weighted by Gasteiger charge is -2.30. The van der Waals surface area contributed by atoms with E-state index in [2.05, 4.69) is 40.9 Å². The number of hydrogen-bond donors (Lipinski definition) is 4. The molecular formula is C45H34F4N10O5S3. The van der Waals surface area contributed by atoms with E-state index in [1.54, 1.807) is 55.3 Å². The van der Waals surface area contributed by atoms with Gasteiger partial charge in [0.1, 0.15) is 34.6 Å². The number of carboxylic acid groups (broad SMARTS) is 1. The number of rotatable bonds is 9.